The molecule has 11 nitrogen and oxygen atoms in total. The van der Waals surface area contributed by atoms with Crippen LogP contribution in [0, 0.1) is 6.92 Å². The van der Waals surface area contributed by atoms with E-state index in [0.29, 0.717) is 48.9 Å². The third-order valence-electron chi connectivity index (χ3n) is 11.8. The fourth-order valence-electron chi connectivity index (χ4n) is 8.61. The second-order valence-corrected chi connectivity index (χ2v) is 15.2. The van der Waals surface area contributed by atoms with Gasteiger partial charge >= 0.3 is 0 Å². The molecule has 4 aliphatic heterocycles. The van der Waals surface area contributed by atoms with Gasteiger partial charge < -0.3 is 35.2 Å². The van der Waals surface area contributed by atoms with Crippen LogP contribution in [0.15, 0.2) is 91.4 Å². The molecule has 1 atom stereocenters. The predicted molar refractivity (Wildman–Crippen MR) is 217 cm³/mol. The van der Waals surface area contributed by atoms with Crippen molar-refractivity contribution in [1.29, 1.82) is 0 Å². The van der Waals surface area contributed by atoms with Crippen molar-refractivity contribution in [3.8, 4) is 22.8 Å². The Morgan fingerprint density at radius 3 is 2.49 bits per heavy atom. The number of fused-ring (bicyclic) bond motifs is 2. The minimum Gasteiger partial charge on any atom is -0.484 e. The summed E-state index contributed by atoms with van der Waals surface area (Å²) in [4.78, 5) is 30.9. The summed E-state index contributed by atoms with van der Waals surface area (Å²) >= 11 is 0. The van der Waals surface area contributed by atoms with Gasteiger partial charge in [0.25, 0.3) is 0 Å². The molecule has 5 aromatic rings. The molecular weight excluding hydrogens is 689 g/mol. The largest absolute Gasteiger partial charge is 0.484 e. The number of benzene rings is 3. The van der Waals surface area contributed by atoms with E-state index < -0.39 is 0 Å². The van der Waals surface area contributed by atoms with Crippen molar-refractivity contribution >= 4 is 39.8 Å². The van der Waals surface area contributed by atoms with Crippen LogP contribution in [0.3, 0.4) is 0 Å². The van der Waals surface area contributed by atoms with Gasteiger partial charge in [-0.2, -0.15) is 0 Å². The van der Waals surface area contributed by atoms with E-state index in [2.05, 4.69) is 116 Å². The Kier molecular flexibility index (Phi) is 9.70. The van der Waals surface area contributed by atoms with Crippen LogP contribution in [0.1, 0.15) is 55.6 Å². The Labute approximate surface area is 322 Å². The number of hydrogen-bond donors (Lipinski definition) is 3. The molecular formula is C44H48N8O3. The highest BCUT2D eigenvalue weighted by Gasteiger charge is 2.29. The lowest BCUT2D eigenvalue weighted by Crippen LogP contribution is -2.47. The molecule has 1 amide bonds. The summed E-state index contributed by atoms with van der Waals surface area (Å²) in [5, 5.41) is 10.6. The standard InChI is InChI=1S/C44H48N8O3/c1-28-38(27-46-43-42(28)45-19-24-54-43)32-3-4-33-26-47-44(50-39(33)25-32)49-34-7-9-35(10-8-34)52-22-17-36(18-23-52)51-20-15-31(16-21-51)30-5-11-37(12-6-30)55-40-13-14-41(53)48-29(40)2/h3-12,25-27,31,36,40,45H,2,13-24H2,1H3,(H,48,53)(H,47,49,50). The molecule has 0 spiro atoms. The number of carbonyl (C=O) groups is 1. The first-order chi connectivity index (χ1) is 26.9. The molecule has 2 aromatic heterocycles. The molecule has 0 bridgehead atoms. The van der Waals surface area contributed by atoms with Crippen LogP contribution in [0.25, 0.3) is 22.0 Å². The molecule has 3 fully saturated rings. The number of pyridine rings is 1. The Bertz CT molecular complexity index is 2190. The summed E-state index contributed by atoms with van der Waals surface area (Å²) in [6, 6.07) is 24.1. The lowest BCUT2D eigenvalue weighted by Gasteiger charge is -2.42. The Morgan fingerprint density at radius 2 is 1.71 bits per heavy atom. The van der Waals surface area contributed by atoms with Crippen LogP contribution < -0.4 is 30.3 Å². The highest BCUT2D eigenvalue weighted by atomic mass is 16.5. The van der Waals surface area contributed by atoms with Crippen LogP contribution in [-0.2, 0) is 4.79 Å². The molecule has 4 aliphatic rings. The maximum atomic E-state index is 11.6. The van der Waals surface area contributed by atoms with Gasteiger partial charge in [-0.3, -0.25) is 4.79 Å². The number of carbonyl (C=O) groups excluding carboxylic acids is 1. The molecule has 3 saturated heterocycles. The third-order valence-corrected chi connectivity index (χ3v) is 11.8. The van der Waals surface area contributed by atoms with Crippen molar-refractivity contribution in [2.75, 3.05) is 54.9 Å². The van der Waals surface area contributed by atoms with Crippen LogP contribution in [0.5, 0.6) is 11.6 Å². The Balaban J connectivity index is 0.759. The topological polar surface area (TPSA) is 117 Å². The van der Waals surface area contributed by atoms with E-state index in [-0.39, 0.29) is 12.0 Å². The molecule has 0 radical (unpaired) electrons. The average molecular weight is 737 g/mol. The first-order valence-corrected chi connectivity index (χ1v) is 19.7. The number of nitrogens with zero attached hydrogens (tertiary/aromatic N) is 5. The van der Waals surface area contributed by atoms with Crippen molar-refractivity contribution < 1.29 is 14.3 Å². The molecule has 0 aliphatic carbocycles. The number of amides is 1. The van der Waals surface area contributed by atoms with Gasteiger partial charge in [0.2, 0.25) is 17.7 Å². The monoisotopic (exact) mass is 736 g/mol. The molecule has 0 saturated carbocycles. The number of likely N-dealkylation sites (tertiary alicyclic amines) is 1. The van der Waals surface area contributed by atoms with Crippen LogP contribution >= 0.6 is 0 Å². The first-order valence-electron chi connectivity index (χ1n) is 19.7. The molecule has 1 unspecified atom stereocenters. The van der Waals surface area contributed by atoms with E-state index in [4.69, 9.17) is 14.5 Å². The number of hydrogen-bond acceptors (Lipinski definition) is 10. The van der Waals surface area contributed by atoms with Gasteiger partial charge in [-0.05, 0) is 117 Å². The SMILES string of the molecule is C=C1NC(=O)CCC1Oc1ccc(C2CCN(C3CCN(c4ccc(Nc5ncc6ccc(-c7cnc8c(c7C)NCCO8)cc6n5)cc4)CC3)CC2)cc1. The molecule has 6 heterocycles. The third kappa shape index (κ3) is 7.53. The van der Waals surface area contributed by atoms with Gasteiger partial charge in [-0.15, -0.1) is 0 Å². The fourth-order valence-corrected chi connectivity index (χ4v) is 8.61. The van der Waals surface area contributed by atoms with Gasteiger partial charge in [0.15, 0.2) is 0 Å². The maximum Gasteiger partial charge on any atom is 0.237 e. The van der Waals surface area contributed by atoms with E-state index in [1.165, 1.54) is 36.9 Å². The summed E-state index contributed by atoms with van der Waals surface area (Å²) in [7, 11) is 0. The highest BCUT2D eigenvalue weighted by Crippen LogP contribution is 2.37. The summed E-state index contributed by atoms with van der Waals surface area (Å²) in [6.07, 6.45) is 9.47. The minimum absolute atomic E-state index is 0.0187. The second-order valence-electron chi connectivity index (χ2n) is 15.2. The van der Waals surface area contributed by atoms with Crippen LogP contribution in [-0.4, -0.2) is 77.2 Å². The normalized spacial score (nSPS) is 19.7. The van der Waals surface area contributed by atoms with Crippen molar-refractivity contribution in [1.82, 2.24) is 25.2 Å². The Hall–Kier alpha value is -5.68. The summed E-state index contributed by atoms with van der Waals surface area (Å²) in [5.74, 6) is 2.66. The van der Waals surface area contributed by atoms with E-state index >= 15 is 0 Å². The Morgan fingerprint density at radius 1 is 0.909 bits per heavy atom. The lowest BCUT2D eigenvalue weighted by atomic mass is 9.88. The highest BCUT2D eigenvalue weighted by molar-refractivity contribution is 5.86. The average Bonchev–Trinajstić information content (AvgIpc) is 3.23. The first kappa shape index (κ1) is 35.0. The quantitative estimate of drug-likeness (QED) is 0.147. The van der Waals surface area contributed by atoms with E-state index in [0.717, 1.165) is 77.4 Å². The summed E-state index contributed by atoms with van der Waals surface area (Å²) in [6.45, 7) is 11.9. The van der Waals surface area contributed by atoms with E-state index in [1.54, 1.807) is 0 Å². The minimum atomic E-state index is -0.162. The lowest BCUT2D eigenvalue weighted by molar-refractivity contribution is -0.122. The molecule has 3 N–H and O–H groups in total. The van der Waals surface area contributed by atoms with Crippen molar-refractivity contribution in [3.05, 3.63) is 103 Å². The zero-order chi connectivity index (χ0) is 37.3. The zero-order valence-electron chi connectivity index (χ0n) is 31.4. The number of ether oxygens (including phenoxy) is 2. The summed E-state index contributed by atoms with van der Waals surface area (Å²) in [5.41, 5.74) is 9.33. The van der Waals surface area contributed by atoms with Gasteiger partial charge in [0.1, 0.15) is 24.1 Å². The van der Waals surface area contributed by atoms with Crippen LogP contribution in [0.4, 0.5) is 23.0 Å². The molecule has 11 heteroatoms. The van der Waals surface area contributed by atoms with Gasteiger partial charge in [0.05, 0.1) is 11.2 Å². The van der Waals surface area contributed by atoms with Gasteiger partial charge in [0, 0.05) is 66.8 Å². The smallest absolute Gasteiger partial charge is 0.237 e. The zero-order valence-corrected chi connectivity index (χ0v) is 31.4. The second kappa shape index (κ2) is 15.2. The number of piperidine rings is 3. The maximum absolute atomic E-state index is 11.6. The number of anilines is 4. The molecule has 55 heavy (non-hydrogen) atoms. The van der Waals surface area contributed by atoms with Crippen molar-refractivity contribution in [2.24, 2.45) is 0 Å². The molecule has 282 valence electrons. The van der Waals surface area contributed by atoms with E-state index in [9.17, 15) is 4.79 Å². The van der Waals surface area contributed by atoms with Gasteiger partial charge in [-0.25, -0.2) is 15.0 Å². The van der Waals surface area contributed by atoms with Crippen LogP contribution in [0.2, 0.25) is 0 Å². The van der Waals surface area contributed by atoms with E-state index in [1.807, 2.05) is 12.4 Å². The molecule has 9 rings (SSSR count). The number of aromatic nitrogens is 3. The predicted octanol–water partition coefficient (Wildman–Crippen LogP) is 7.57. The van der Waals surface area contributed by atoms with Gasteiger partial charge in [-0.1, -0.05) is 30.8 Å². The number of nitrogens with one attached hydrogen (secondary N) is 3. The van der Waals surface area contributed by atoms with Crippen molar-refractivity contribution in [3.63, 3.8) is 0 Å². The summed E-state index contributed by atoms with van der Waals surface area (Å²) < 4.78 is 11.9. The molecule has 3 aromatic carbocycles. The fraction of sp³-hybridized carbons (Fsp3) is 0.364. The van der Waals surface area contributed by atoms with Crippen molar-refractivity contribution in [2.45, 2.75) is 63.5 Å². The number of rotatable bonds is 8.